The van der Waals surface area contributed by atoms with E-state index in [2.05, 4.69) is 24.1 Å². The van der Waals surface area contributed by atoms with Gasteiger partial charge in [0.2, 0.25) is 0 Å². The molecule has 1 aromatic rings. The van der Waals surface area contributed by atoms with Crippen LogP contribution < -0.4 is 5.32 Å². The first kappa shape index (κ1) is 15.0. The Morgan fingerprint density at radius 1 is 1.30 bits per heavy atom. The van der Waals surface area contributed by atoms with Crippen LogP contribution in [0.1, 0.15) is 37.0 Å². The maximum Gasteiger partial charge on any atom is 0.251 e. The summed E-state index contributed by atoms with van der Waals surface area (Å²) in [6.45, 7) is 7.13. The summed E-state index contributed by atoms with van der Waals surface area (Å²) in [7, 11) is 0. The minimum absolute atomic E-state index is 0.134. The topological polar surface area (TPSA) is 32.3 Å². The predicted octanol–water partition coefficient (Wildman–Crippen LogP) is 2.68. The molecule has 0 aromatic heterocycles. The molecule has 0 bridgehead atoms. The summed E-state index contributed by atoms with van der Waals surface area (Å²) in [6, 6.07) is 6.31. The molecule has 0 spiro atoms. The number of halogens is 1. The molecule has 1 fully saturated rings. The second-order valence-electron chi connectivity index (χ2n) is 5.40. The Morgan fingerprint density at radius 2 is 2.00 bits per heavy atom. The predicted molar refractivity (Wildman–Crippen MR) is 78.2 cm³/mol. The minimum atomic E-state index is -0.321. The quantitative estimate of drug-likeness (QED) is 0.867. The first-order valence-corrected chi connectivity index (χ1v) is 7.43. The lowest BCUT2D eigenvalue weighted by atomic mass is 9.85. The molecule has 20 heavy (non-hydrogen) atoms. The van der Waals surface area contributed by atoms with Gasteiger partial charge in [0.15, 0.2) is 0 Å². The van der Waals surface area contributed by atoms with Gasteiger partial charge in [-0.25, -0.2) is 4.39 Å². The van der Waals surface area contributed by atoms with E-state index in [1.54, 1.807) is 0 Å². The third kappa shape index (κ3) is 3.37. The average Bonchev–Trinajstić information content (AvgIpc) is 2.43. The fraction of sp³-hybridized carbons (Fsp3) is 0.562. The van der Waals surface area contributed by atoms with Crippen LogP contribution >= 0.6 is 0 Å². The van der Waals surface area contributed by atoms with Crippen LogP contribution in [0.4, 0.5) is 4.39 Å². The normalized spacial score (nSPS) is 22.4. The molecule has 2 atom stereocenters. The van der Waals surface area contributed by atoms with Crippen molar-refractivity contribution in [2.45, 2.75) is 32.7 Å². The fourth-order valence-electron chi connectivity index (χ4n) is 2.98. The Kier molecular flexibility index (Phi) is 5.12. The third-order valence-electron chi connectivity index (χ3n) is 4.22. The number of carbonyl (C=O) groups is 1. The summed E-state index contributed by atoms with van der Waals surface area (Å²) >= 11 is 0. The highest BCUT2D eigenvalue weighted by atomic mass is 19.1. The van der Waals surface area contributed by atoms with Gasteiger partial charge in [-0.1, -0.05) is 20.3 Å². The van der Waals surface area contributed by atoms with Gasteiger partial charge in [0.1, 0.15) is 5.82 Å². The number of benzene rings is 1. The van der Waals surface area contributed by atoms with E-state index in [0.717, 1.165) is 19.0 Å². The molecule has 1 saturated heterocycles. The Balaban J connectivity index is 1.73. The number of carbonyl (C=O) groups excluding carboxylic acids is 1. The van der Waals surface area contributed by atoms with Crippen molar-refractivity contribution in [1.82, 2.24) is 10.2 Å². The first-order chi connectivity index (χ1) is 9.65. The van der Waals surface area contributed by atoms with Crippen molar-refractivity contribution < 1.29 is 9.18 Å². The molecule has 0 radical (unpaired) electrons. The molecular weight excluding hydrogens is 255 g/mol. The van der Waals surface area contributed by atoms with Crippen molar-refractivity contribution in [3.8, 4) is 0 Å². The van der Waals surface area contributed by atoms with E-state index >= 15 is 0 Å². The Morgan fingerprint density at radius 3 is 2.60 bits per heavy atom. The van der Waals surface area contributed by atoms with Gasteiger partial charge in [0, 0.05) is 31.2 Å². The van der Waals surface area contributed by atoms with E-state index < -0.39 is 0 Å². The van der Waals surface area contributed by atoms with E-state index in [4.69, 9.17) is 0 Å². The second-order valence-corrected chi connectivity index (χ2v) is 5.40. The van der Waals surface area contributed by atoms with Crippen molar-refractivity contribution in [3.05, 3.63) is 35.6 Å². The smallest absolute Gasteiger partial charge is 0.251 e. The summed E-state index contributed by atoms with van der Waals surface area (Å²) in [5, 5.41) is 2.89. The zero-order valence-corrected chi connectivity index (χ0v) is 12.2. The number of nitrogens with zero attached hydrogens (tertiary/aromatic N) is 1. The van der Waals surface area contributed by atoms with Crippen molar-refractivity contribution in [2.75, 3.05) is 19.6 Å². The molecule has 2 rings (SSSR count). The van der Waals surface area contributed by atoms with Crippen LogP contribution in [-0.2, 0) is 0 Å². The highest BCUT2D eigenvalue weighted by molar-refractivity contribution is 5.94. The number of hydrogen-bond donors (Lipinski definition) is 1. The fourth-order valence-corrected chi connectivity index (χ4v) is 2.98. The van der Waals surface area contributed by atoms with E-state index in [0.29, 0.717) is 18.2 Å². The molecule has 4 heteroatoms. The number of rotatable bonds is 6. The number of likely N-dealkylation sites (tertiary alicyclic amines) is 1. The Bertz CT molecular complexity index is 446. The van der Waals surface area contributed by atoms with Gasteiger partial charge in [-0.3, -0.25) is 9.69 Å². The molecule has 1 amide bonds. The molecule has 110 valence electrons. The van der Waals surface area contributed by atoms with Crippen LogP contribution in [0.3, 0.4) is 0 Å². The van der Waals surface area contributed by atoms with Crippen LogP contribution in [0.25, 0.3) is 0 Å². The Labute approximate surface area is 120 Å². The summed E-state index contributed by atoms with van der Waals surface area (Å²) < 4.78 is 12.8. The maximum absolute atomic E-state index is 12.8. The first-order valence-electron chi connectivity index (χ1n) is 7.43. The van der Waals surface area contributed by atoms with Crippen molar-refractivity contribution in [1.29, 1.82) is 0 Å². The lowest BCUT2D eigenvalue weighted by molar-refractivity contribution is 0.0118. The molecular formula is C16H23FN2O. The van der Waals surface area contributed by atoms with Crippen molar-refractivity contribution in [2.24, 2.45) is 5.92 Å². The third-order valence-corrected chi connectivity index (χ3v) is 4.22. The van der Waals surface area contributed by atoms with Crippen LogP contribution in [-0.4, -0.2) is 36.5 Å². The lowest BCUT2D eigenvalue weighted by Gasteiger charge is -2.48. The molecule has 0 aliphatic carbocycles. The van der Waals surface area contributed by atoms with E-state index in [1.165, 1.54) is 37.1 Å². The van der Waals surface area contributed by atoms with Crippen LogP contribution in [0.2, 0.25) is 0 Å². The zero-order chi connectivity index (χ0) is 14.5. The summed E-state index contributed by atoms with van der Waals surface area (Å²) in [4.78, 5) is 14.3. The molecule has 1 aromatic carbocycles. The SMILES string of the molecule is CC[C@@H]1CN(CCNC(=O)c2ccc(F)cc2)[C@H]1CC. The molecule has 1 aliphatic rings. The summed E-state index contributed by atoms with van der Waals surface area (Å²) in [6.07, 6.45) is 2.40. The monoisotopic (exact) mass is 278 g/mol. The standard InChI is InChI=1S/C16H23FN2O/c1-3-12-11-19(15(12)4-2)10-9-18-16(20)13-5-7-14(17)8-6-13/h5-8,12,15H,3-4,9-11H2,1-2H3,(H,18,20)/t12-,15+/m1/s1. The molecule has 1 heterocycles. The second kappa shape index (κ2) is 6.84. The summed E-state index contributed by atoms with van der Waals surface area (Å²) in [5.74, 6) is 0.358. The van der Waals surface area contributed by atoms with Gasteiger partial charge in [-0.2, -0.15) is 0 Å². The van der Waals surface area contributed by atoms with E-state index in [9.17, 15) is 9.18 Å². The van der Waals surface area contributed by atoms with Crippen LogP contribution in [0.5, 0.6) is 0 Å². The number of hydrogen-bond acceptors (Lipinski definition) is 2. The largest absolute Gasteiger partial charge is 0.351 e. The van der Waals surface area contributed by atoms with Crippen molar-refractivity contribution in [3.63, 3.8) is 0 Å². The van der Waals surface area contributed by atoms with Crippen LogP contribution in [0, 0.1) is 11.7 Å². The highest BCUT2D eigenvalue weighted by Crippen LogP contribution is 2.29. The van der Waals surface area contributed by atoms with Gasteiger partial charge >= 0.3 is 0 Å². The molecule has 0 saturated carbocycles. The maximum atomic E-state index is 12.8. The van der Waals surface area contributed by atoms with Gasteiger partial charge in [-0.05, 0) is 36.6 Å². The minimum Gasteiger partial charge on any atom is -0.351 e. The molecule has 0 unspecified atom stereocenters. The zero-order valence-electron chi connectivity index (χ0n) is 12.2. The molecule has 3 nitrogen and oxygen atoms in total. The van der Waals surface area contributed by atoms with E-state index in [-0.39, 0.29) is 11.7 Å². The highest BCUT2D eigenvalue weighted by Gasteiger charge is 2.35. The Hall–Kier alpha value is -1.42. The van der Waals surface area contributed by atoms with Gasteiger partial charge in [0.05, 0.1) is 0 Å². The van der Waals surface area contributed by atoms with Gasteiger partial charge in [0.25, 0.3) is 5.91 Å². The van der Waals surface area contributed by atoms with Crippen molar-refractivity contribution >= 4 is 5.91 Å². The molecule has 1 N–H and O–H groups in total. The molecule has 1 aliphatic heterocycles. The van der Waals surface area contributed by atoms with Gasteiger partial charge in [-0.15, -0.1) is 0 Å². The van der Waals surface area contributed by atoms with E-state index in [1.807, 2.05) is 0 Å². The number of amides is 1. The van der Waals surface area contributed by atoms with Gasteiger partial charge < -0.3 is 5.32 Å². The average molecular weight is 278 g/mol. The number of nitrogens with one attached hydrogen (secondary N) is 1. The summed E-state index contributed by atoms with van der Waals surface area (Å²) in [5.41, 5.74) is 0.508. The lowest BCUT2D eigenvalue weighted by Crippen LogP contribution is -2.57. The van der Waals surface area contributed by atoms with Crippen LogP contribution in [0.15, 0.2) is 24.3 Å².